The van der Waals surface area contributed by atoms with E-state index in [2.05, 4.69) is 26.1 Å². The van der Waals surface area contributed by atoms with Crippen molar-refractivity contribution in [3.05, 3.63) is 0 Å². The van der Waals surface area contributed by atoms with Gasteiger partial charge in [-0.1, -0.05) is 27.2 Å². The predicted octanol–water partition coefficient (Wildman–Crippen LogP) is 3.50. The molecule has 0 atom stereocenters. The third kappa shape index (κ3) is 2.68. The third-order valence-corrected chi connectivity index (χ3v) is 5.21. The van der Waals surface area contributed by atoms with Crippen LogP contribution in [0, 0.1) is 5.92 Å². The molecule has 1 spiro atoms. The number of hydrogen-bond donors (Lipinski definition) is 1. The maximum absolute atomic E-state index is 6.63. The van der Waals surface area contributed by atoms with Gasteiger partial charge in [-0.3, -0.25) is 0 Å². The van der Waals surface area contributed by atoms with Crippen LogP contribution >= 0.6 is 0 Å². The molecule has 1 N–H and O–H groups in total. The van der Waals surface area contributed by atoms with Gasteiger partial charge in [0.25, 0.3) is 0 Å². The Morgan fingerprint density at radius 2 is 1.71 bits per heavy atom. The zero-order valence-corrected chi connectivity index (χ0v) is 11.8. The summed E-state index contributed by atoms with van der Waals surface area (Å²) < 4.78 is 6.63. The third-order valence-electron chi connectivity index (χ3n) is 5.21. The number of ether oxygens (including phenoxy) is 1. The molecular weight excluding hydrogens is 210 g/mol. The van der Waals surface area contributed by atoms with E-state index >= 15 is 0 Å². The lowest BCUT2D eigenvalue weighted by Gasteiger charge is -2.51. The van der Waals surface area contributed by atoms with Gasteiger partial charge in [0, 0.05) is 13.1 Å². The van der Waals surface area contributed by atoms with Crippen LogP contribution in [0.5, 0.6) is 0 Å². The van der Waals surface area contributed by atoms with E-state index in [-0.39, 0.29) is 11.2 Å². The molecule has 2 fully saturated rings. The fourth-order valence-corrected chi connectivity index (χ4v) is 3.58. The quantitative estimate of drug-likeness (QED) is 0.814. The molecule has 0 aromatic heterocycles. The zero-order valence-electron chi connectivity index (χ0n) is 11.8. The minimum absolute atomic E-state index is 0.108. The largest absolute Gasteiger partial charge is 0.366 e. The number of hydrogen-bond acceptors (Lipinski definition) is 2. The van der Waals surface area contributed by atoms with Crippen LogP contribution in [0.2, 0.25) is 0 Å². The van der Waals surface area contributed by atoms with Crippen LogP contribution < -0.4 is 5.32 Å². The van der Waals surface area contributed by atoms with E-state index in [4.69, 9.17) is 4.74 Å². The van der Waals surface area contributed by atoms with Crippen molar-refractivity contribution in [1.29, 1.82) is 0 Å². The molecule has 0 bridgehead atoms. The number of nitrogens with one attached hydrogen (secondary N) is 1. The Kier molecular flexibility index (Phi) is 4.14. The fraction of sp³-hybridized carbons (Fsp3) is 1.00. The van der Waals surface area contributed by atoms with Gasteiger partial charge < -0.3 is 10.1 Å². The van der Waals surface area contributed by atoms with E-state index in [0.29, 0.717) is 0 Å². The minimum atomic E-state index is 0.108. The predicted molar refractivity (Wildman–Crippen MR) is 72.2 cm³/mol. The van der Waals surface area contributed by atoms with E-state index in [1.165, 1.54) is 32.1 Å². The number of morpholine rings is 1. The summed E-state index contributed by atoms with van der Waals surface area (Å²) in [6, 6.07) is 0. The second-order valence-electron chi connectivity index (χ2n) is 6.13. The molecule has 0 radical (unpaired) electrons. The summed E-state index contributed by atoms with van der Waals surface area (Å²) in [4.78, 5) is 0. The molecule has 1 heterocycles. The summed E-state index contributed by atoms with van der Waals surface area (Å²) in [6.45, 7) is 8.97. The van der Waals surface area contributed by atoms with Crippen molar-refractivity contribution < 1.29 is 4.74 Å². The van der Waals surface area contributed by atoms with Gasteiger partial charge in [0.2, 0.25) is 0 Å². The Labute approximate surface area is 107 Å². The van der Waals surface area contributed by atoms with Gasteiger partial charge in [0.05, 0.1) is 11.2 Å². The van der Waals surface area contributed by atoms with Gasteiger partial charge >= 0.3 is 0 Å². The van der Waals surface area contributed by atoms with Crippen molar-refractivity contribution in [3.8, 4) is 0 Å². The summed E-state index contributed by atoms with van der Waals surface area (Å²) in [5, 5.41) is 3.65. The highest BCUT2D eigenvalue weighted by Crippen LogP contribution is 2.41. The summed E-state index contributed by atoms with van der Waals surface area (Å²) in [6.07, 6.45) is 8.87. The second kappa shape index (κ2) is 5.27. The molecule has 1 saturated heterocycles. The highest BCUT2D eigenvalue weighted by atomic mass is 16.5. The van der Waals surface area contributed by atoms with Gasteiger partial charge in [-0.2, -0.15) is 0 Å². The van der Waals surface area contributed by atoms with Crippen molar-refractivity contribution >= 4 is 0 Å². The molecule has 0 aromatic carbocycles. The first-order valence-electron chi connectivity index (χ1n) is 7.58. The Hall–Kier alpha value is -0.0800. The molecule has 0 unspecified atom stereocenters. The van der Waals surface area contributed by atoms with E-state index < -0.39 is 0 Å². The van der Waals surface area contributed by atoms with Crippen molar-refractivity contribution in [3.63, 3.8) is 0 Å². The average molecular weight is 239 g/mol. The summed E-state index contributed by atoms with van der Waals surface area (Å²) in [7, 11) is 0. The summed E-state index contributed by atoms with van der Waals surface area (Å²) >= 11 is 0. The molecule has 100 valence electrons. The molecule has 0 amide bonds. The number of rotatable bonds is 3. The summed E-state index contributed by atoms with van der Waals surface area (Å²) in [5.74, 6) is 0.948. The van der Waals surface area contributed by atoms with Crippen LogP contribution in [-0.4, -0.2) is 24.3 Å². The van der Waals surface area contributed by atoms with Gasteiger partial charge in [-0.15, -0.1) is 0 Å². The molecular formula is C15H29NO. The molecule has 1 saturated carbocycles. The first-order chi connectivity index (χ1) is 8.17. The lowest BCUT2D eigenvalue weighted by molar-refractivity contribution is -0.197. The smallest absolute Gasteiger partial charge is 0.0814 e. The van der Waals surface area contributed by atoms with Gasteiger partial charge in [-0.25, -0.2) is 0 Å². The zero-order chi connectivity index (χ0) is 12.4. The molecule has 2 aliphatic rings. The molecule has 2 nitrogen and oxygen atoms in total. The molecule has 1 aliphatic heterocycles. The molecule has 0 aromatic rings. The lowest BCUT2D eigenvalue weighted by atomic mass is 9.76. The normalized spacial score (nSPS) is 37.2. The van der Waals surface area contributed by atoms with Crippen LogP contribution in [0.1, 0.15) is 65.7 Å². The van der Waals surface area contributed by atoms with Crippen LogP contribution in [0.4, 0.5) is 0 Å². The molecule has 17 heavy (non-hydrogen) atoms. The fourth-order valence-electron chi connectivity index (χ4n) is 3.58. The standard InChI is InChI=1S/C15H29NO/c1-4-13-7-9-15(10-8-13)12-16-11-14(5-2,6-3)17-15/h13,16H,4-12H2,1-3H3. The summed E-state index contributed by atoms with van der Waals surface area (Å²) in [5.41, 5.74) is 0.271. The van der Waals surface area contributed by atoms with Crippen molar-refractivity contribution in [2.75, 3.05) is 13.1 Å². The SMILES string of the molecule is CCC1CCC2(CC1)CNCC(CC)(CC)O2. The van der Waals surface area contributed by atoms with Crippen LogP contribution in [0.25, 0.3) is 0 Å². The van der Waals surface area contributed by atoms with Crippen LogP contribution in [0.15, 0.2) is 0 Å². The first-order valence-corrected chi connectivity index (χ1v) is 7.58. The Bertz CT molecular complexity index is 239. The Balaban J connectivity index is 2.01. The first kappa shape index (κ1) is 13.4. The van der Waals surface area contributed by atoms with Crippen molar-refractivity contribution in [2.24, 2.45) is 5.92 Å². The van der Waals surface area contributed by atoms with Crippen LogP contribution in [0.3, 0.4) is 0 Å². The molecule has 2 heteroatoms. The van der Waals surface area contributed by atoms with Crippen molar-refractivity contribution in [2.45, 2.75) is 76.9 Å². The topological polar surface area (TPSA) is 21.3 Å². The van der Waals surface area contributed by atoms with Crippen LogP contribution in [-0.2, 0) is 4.74 Å². The van der Waals surface area contributed by atoms with E-state index in [1.807, 2.05) is 0 Å². The highest BCUT2D eigenvalue weighted by molar-refractivity contribution is 4.98. The molecule has 2 rings (SSSR count). The van der Waals surface area contributed by atoms with E-state index in [0.717, 1.165) is 31.8 Å². The van der Waals surface area contributed by atoms with Crippen molar-refractivity contribution in [1.82, 2.24) is 5.32 Å². The van der Waals surface area contributed by atoms with Gasteiger partial charge in [-0.05, 0) is 44.4 Å². The maximum Gasteiger partial charge on any atom is 0.0814 e. The maximum atomic E-state index is 6.63. The van der Waals surface area contributed by atoms with E-state index in [9.17, 15) is 0 Å². The minimum Gasteiger partial charge on any atom is -0.366 e. The van der Waals surface area contributed by atoms with E-state index in [1.54, 1.807) is 0 Å². The van der Waals surface area contributed by atoms with Gasteiger partial charge in [0.1, 0.15) is 0 Å². The monoisotopic (exact) mass is 239 g/mol. The lowest BCUT2D eigenvalue weighted by Crippen LogP contribution is -2.61. The average Bonchev–Trinajstić information content (AvgIpc) is 2.40. The molecule has 1 aliphatic carbocycles. The Morgan fingerprint density at radius 1 is 1.06 bits per heavy atom. The Morgan fingerprint density at radius 3 is 2.24 bits per heavy atom. The van der Waals surface area contributed by atoms with Gasteiger partial charge in [0.15, 0.2) is 0 Å². The highest BCUT2D eigenvalue weighted by Gasteiger charge is 2.45. The second-order valence-corrected chi connectivity index (χ2v) is 6.13.